The van der Waals surface area contributed by atoms with Crippen LogP contribution in [0, 0.1) is 0 Å². The van der Waals surface area contributed by atoms with E-state index in [-0.39, 0.29) is 12.2 Å². The first-order valence-corrected chi connectivity index (χ1v) is 10.7. The van der Waals surface area contributed by atoms with Gasteiger partial charge >= 0.3 is 0 Å². The number of rotatable bonds is 8. The Morgan fingerprint density at radius 1 is 0.792 bits per heavy atom. The number of nitrogens with one attached hydrogen (secondary N) is 2. The van der Waals surface area contributed by atoms with Gasteiger partial charge in [0, 0.05) is 5.69 Å². The van der Waals surface area contributed by atoms with E-state index in [2.05, 4.69) is 10.4 Å². The Morgan fingerprint density at radius 2 is 1.29 bits per heavy atom. The van der Waals surface area contributed by atoms with Crippen molar-refractivity contribution in [1.82, 2.24) is 0 Å². The van der Waals surface area contributed by atoms with Gasteiger partial charge in [0.25, 0.3) is 6.64 Å². The Balaban J connectivity index is 2.25. The molecule has 0 amide bonds. The summed E-state index contributed by atoms with van der Waals surface area (Å²) in [5.41, 5.74) is 2.80. The molecule has 0 aliphatic heterocycles. The van der Waals surface area contributed by atoms with E-state index < -0.39 is 6.64 Å². The highest BCUT2D eigenvalue weighted by Crippen LogP contribution is 2.51. The maximum Gasteiger partial charge on any atom is 0.288 e. The molecule has 0 radical (unpaired) electrons. The largest absolute Gasteiger partial charge is 0.354 e. The average molecular weight is 364 g/mol. The lowest BCUT2D eigenvalue weighted by molar-refractivity contribution is 0.178. The molecule has 2 aromatic rings. The first kappa shape index (κ1) is 18.9. The maximum absolute atomic E-state index is 5.92. The minimum atomic E-state index is -2.64. The van der Waals surface area contributed by atoms with Gasteiger partial charge in [-0.25, -0.2) is 0 Å². The van der Waals surface area contributed by atoms with E-state index in [9.17, 15) is 0 Å². The summed E-state index contributed by atoms with van der Waals surface area (Å²) < 4.78 is 11.8. The molecule has 0 fully saturated rings. The summed E-state index contributed by atoms with van der Waals surface area (Å²) in [4.78, 5) is 0. The second-order valence-corrected chi connectivity index (χ2v) is 9.04. The molecule has 0 heterocycles. The molecule has 2 N–H and O–H groups in total. The molecule has 24 heavy (non-hydrogen) atoms. The standard InChI is InChI=1S/C18H25N2O2PS/c1-14(2)21-23(24,22-15(3)4)20-18-13-9-8-12-17(18)19-16-10-6-5-7-11-16/h5-15,19H,1-4H3,(H,20,24). The maximum atomic E-state index is 5.92. The Hall–Kier alpha value is -1.39. The monoisotopic (exact) mass is 364 g/mol. The van der Waals surface area contributed by atoms with E-state index in [0.717, 1.165) is 17.1 Å². The van der Waals surface area contributed by atoms with Crippen LogP contribution in [0.1, 0.15) is 27.7 Å². The molecule has 130 valence electrons. The van der Waals surface area contributed by atoms with E-state index in [0.29, 0.717) is 0 Å². The predicted molar refractivity (Wildman–Crippen MR) is 107 cm³/mol. The van der Waals surface area contributed by atoms with Crippen molar-refractivity contribution in [1.29, 1.82) is 0 Å². The molecule has 4 nitrogen and oxygen atoms in total. The van der Waals surface area contributed by atoms with Crippen LogP contribution < -0.4 is 10.4 Å². The van der Waals surface area contributed by atoms with Gasteiger partial charge in [0.15, 0.2) is 0 Å². The van der Waals surface area contributed by atoms with Gasteiger partial charge in [-0.1, -0.05) is 30.3 Å². The van der Waals surface area contributed by atoms with E-state index in [4.69, 9.17) is 20.9 Å². The third-order valence-electron chi connectivity index (χ3n) is 2.94. The van der Waals surface area contributed by atoms with Gasteiger partial charge in [-0.2, -0.15) is 0 Å². The van der Waals surface area contributed by atoms with Gasteiger partial charge in [0.05, 0.1) is 23.6 Å². The highest BCUT2D eigenvalue weighted by molar-refractivity contribution is 8.10. The summed E-state index contributed by atoms with van der Waals surface area (Å²) in [5.74, 6) is 0. The fourth-order valence-electron chi connectivity index (χ4n) is 2.15. The van der Waals surface area contributed by atoms with Crippen LogP contribution in [-0.4, -0.2) is 12.2 Å². The molecule has 0 saturated carbocycles. The molecule has 0 aliphatic carbocycles. The summed E-state index contributed by atoms with van der Waals surface area (Å²) >= 11 is 5.69. The van der Waals surface area contributed by atoms with Crippen molar-refractivity contribution in [3.8, 4) is 0 Å². The highest BCUT2D eigenvalue weighted by atomic mass is 32.5. The topological polar surface area (TPSA) is 42.5 Å². The van der Waals surface area contributed by atoms with Gasteiger partial charge in [0.2, 0.25) is 0 Å². The lowest BCUT2D eigenvalue weighted by Gasteiger charge is -2.28. The molecule has 0 aromatic heterocycles. The van der Waals surface area contributed by atoms with Gasteiger partial charge in [-0.3, -0.25) is 0 Å². The average Bonchev–Trinajstić information content (AvgIpc) is 2.48. The predicted octanol–water partition coefficient (Wildman–Crippen LogP) is 5.92. The number of para-hydroxylation sites is 3. The Kier molecular flexibility index (Phi) is 6.81. The molecule has 0 saturated heterocycles. The van der Waals surface area contributed by atoms with Crippen LogP contribution in [0.4, 0.5) is 17.1 Å². The van der Waals surface area contributed by atoms with Crippen molar-refractivity contribution in [3.63, 3.8) is 0 Å². The zero-order chi connectivity index (χ0) is 17.6. The van der Waals surface area contributed by atoms with Crippen molar-refractivity contribution in [3.05, 3.63) is 54.6 Å². The normalized spacial score (nSPS) is 11.8. The molecule has 0 aliphatic rings. The van der Waals surface area contributed by atoms with Gasteiger partial charge < -0.3 is 19.5 Å². The van der Waals surface area contributed by atoms with E-state index in [1.54, 1.807) is 0 Å². The van der Waals surface area contributed by atoms with Crippen molar-refractivity contribution in [2.75, 3.05) is 10.4 Å². The molecule has 0 atom stereocenters. The van der Waals surface area contributed by atoms with Crippen LogP contribution in [0.2, 0.25) is 0 Å². The summed E-state index contributed by atoms with van der Waals surface area (Å²) in [6.45, 7) is 5.19. The highest BCUT2D eigenvalue weighted by Gasteiger charge is 2.23. The number of hydrogen-bond acceptors (Lipinski definition) is 4. The van der Waals surface area contributed by atoms with Crippen molar-refractivity contribution < 1.29 is 9.05 Å². The fourth-order valence-corrected chi connectivity index (χ4v) is 5.23. The number of hydrogen-bond donors (Lipinski definition) is 2. The molecule has 2 aromatic carbocycles. The van der Waals surface area contributed by atoms with Crippen LogP contribution in [-0.2, 0) is 20.9 Å². The second-order valence-electron chi connectivity index (χ2n) is 5.95. The van der Waals surface area contributed by atoms with Crippen molar-refractivity contribution in [2.45, 2.75) is 39.9 Å². The lowest BCUT2D eigenvalue weighted by atomic mass is 10.2. The van der Waals surface area contributed by atoms with Gasteiger partial charge in [0.1, 0.15) is 0 Å². The minimum Gasteiger partial charge on any atom is -0.354 e. The smallest absolute Gasteiger partial charge is 0.288 e. The zero-order valence-corrected chi connectivity index (χ0v) is 16.2. The minimum absolute atomic E-state index is 0.0173. The summed E-state index contributed by atoms with van der Waals surface area (Å²) in [6, 6.07) is 17.9. The van der Waals surface area contributed by atoms with Crippen LogP contribution in [0.3, 0.4) is 0 Å². The summed E-state index contributed by atoms with van der Waals surface area (Å²) in [5, 5.41) is 6.73. The summed E-state index contributed by atoms with van der Waals surface area (Å²) in [7, 11) is 0. The molecule has 6 heteroatoms. The van der Waals surface area contributed by atoms with Crippen molar-refractivity contribution in [2.24, 2.45) is 0 Å². The quantitative estimate of drug-likeness (QED) is 0.569. The first-order valence-electron chi connectivity index (χ1n) is 8.04. The zero-order valence-electron chi connectivity index (χ0n) is 14.5. The molecule has 0 unspecified atom stereocenters. The lowest BCUT2D eigenvalue weighted by Crippen LogP contribution is -2.13. The van der Waals surface area contributed by atoms with E-state index in [1.165, 1.54) is 0 Å². The molecule has 0 spiro atoms. The second kappa shape index (κ2) is 8.63. The van der Waals surface area contributed by atoms with Crippen LogP contribution >= 0.6 is 6.64 Å². The van der Waals surface area contributed by atoms with E-state index in [1.807, 2.05) is 82.3 Å². The number of benzene rings is 2. The van der Waals surface area contributed by atoms with Crippen LogP contribution in [0.5, 0.6) is 0 Å². The molecule has 2 rings (SSSR count). The van der Waals surface area contributed by atoms with Gasteiger partial charge in [-0.05, 0) is 63.8 Å². The Labute approximate surface area is 149 Å². The third-order valence-corrected chi connectivity index (χ3v) is 5.64. The third kappa shape index (κ3) is 5.91. The molecular weight excluding hydrogens is 339 g/mol. The first-order chi connectivity index (χ1) is 11.4. The van der Waals surface area contributed by atoms with Gasteiger partial charge in [-0.15, -0.1) is 0 Å². The van der Waals surface area contributed by atoms with Crippen LogP contribution in [0.15, 0.2) is 54.6 Å². The molecular formula is C18H25N2O2PS. The van der Waals surface area contributed by atoms with Crippen molar-refractivity contribution >= 4 is 35.5 Å². The van der Waals surface area contributed by atoms with Crippen LogP contribution in [0.25, 0.3) is 0 Å². The Morgan fingerprint density at radius 3 is 1.83 bits per heavy atom. The number of anilines is 3. The Bertz CT molecular complexity index is 678. The summed E-state index contributed by atoms with van der Waals surface area (Å²) in [6.07, 6.45) is -0.0346. The fraction of sp³-hybridized carbons (Fsp3) is 0.333. The molecule has 0 bridgehead atoms. The van der Waals surface area contributed by atoms with E-state index >= 15 is 0 Å². The SMILES string of the molecule is CC(C)OP(=S)(Nc1ccccc1Nc1ccccc1)OC(C)C.